The first-order chi connectivity index (χ1) is 18.5. The average Bonchev–Trinajstić information content (AvgIpc) is 2.86. The molecule has 3 unspecified atom stereocenters. The molecule has 40 heavy (non-hydrogen) atoms. The second-order valence-corrected chi connectivity index (χ2v) is 11.3. The van der Waals surface area contributed by atoms with E-state index in [0.717, 1.165) is 31.4 Å². The van der Waals surface area contributed by atoms with Gasteiger partial charge in [0.15, 0.2) is 11.7 Å². The number of guanidine groups is 1. The van der Waals surface area contributed by atoms with E-state index < -0.39 is 12.5 Å². The number of rotatable bonds is 12. The molecule has 11 heteroatoms. The predicted octanol–water partition coefficient (Wildman–Crippen LogP) is 2.48. The van der Waals surface area contributed by atoms with Crippen molar-refractivity contribution in [2.24, 2.45) is 28.5 Å². The van der Waals surface area contributed by atoms with Gasteiger partial charge in [0.1, 0.15) is 17.3 Å². The summed E-state index contributed by atoms with van der Waals surface area (Å²) in [6.07, 6.45) is 6.49. The molecule has 8 N–H and O–H groups in total. The Morgan fingerprint density at radius 2 is 1.88 bits per heavy atom. The summed E-state index contributed by atoms with van der Waals surface area (Å²) in [7, 11) is 3.72. The number of nitrogens with two attached hydrogens (primary N) is 1. The third-order valence-electron chi connectivity index (χ3n) is 8.01. The molecule has 0 aromatic heterocycles. The zero-order valence-electron chi connectivity index (χ0n) is 23.9. The molecule has 3 rings (SSSR count). The van der Waals surface area contributed by atoms with Crippen LogP contribution >= 0.6 is 0 Å². The van der Waals surface area contributed by atoms with E-state index in [9.17, 15) is 29.7 Å². The Labute approximate surface area is 239 Å². The number of phenolic OH excluding ortho intramolecular Hbond substituents is 1. The summed E-state index contributed by atoms with van der Waals surface area (Å²) < 4.78 is 0. The summed E-state index contributed by atoms with van der Waals surface area (Å²) in [5, 5.41) is 33.8. The van der Waals surface area contributed by atoms with Crippen LogP contribution in [0.4, 0.5) is 11.4 Å². The minimum Gasteiger partial charge on any atom is -0.505 e. The lowest BCUT2D eigenvalue weighted by Gasteiger charge is -2.33. The molecular weight excluding hydrogens is 516 g/mol. The van der Waals surface area contributed by atoms with E-state index in [2.05, 4.69) is 10.3 Å². The van der Waals surface area contributed by atoms with Crippen LogP contribution < -0.4 is 16.0 Å². The van der Waals surface area contributed by atoms with Crippen molar-refractivity contribution in [1.29, 1.82) is 0 Å². The van der Waals surface area contributed by atoms with Crippen molar-refractivity contribution in [3.05, 3.63) is 17.2 Å². The van der Waals surface area contributed by atoms with Gasteiger partial charge >= 0.3 is 0 Å². The van der Waals surface area contributed by atoms with E-state index in [-0.39, 0.29) is 86.7 Å². The van der Waals surface area contributed by atoms with Crippen molar-refractivity contribution < 1.29 is 38.0 Å². The molecule has 0 radical (unpaired) electrons. The standard InChI is InChI=1S/C29H44N4O6.H2O.2H2/c1-17(36)11-25(37)22(16-35)19(9-10-34)12-18-13-21-24(33(2)3)15-23(28(39)27(21)26(38)14-18)32-29(30)31-20-7-5-4-6-8-20;;;/h15,18-20,22,34-35,39H,4-14,16H2,1-3H3,(H3,30,31,32);1H2;2*1H. The first kappa shape index (κ1) is 33.2. The number of aliphatic hydroxyl groups is 2. The van der Waals surface area contributed by atoms with Gasteiger partial charge in [-0.2, -0.15) is 0 Å². The number of carbonyl (C=O) groups is 3. The molecule has 1 aromatic rings. The highest BCUT2D eigenvalue weighted by Gasteiger charge is 2.36. The maximum Gasteiger partial charge on any atom is 0.193 e. The van der Waals surface area contributed by atoms with Crippen LogP contribution in [0, 0.1) is 17.8 Å². The van der Waals surface area contributed by atoms with Crippen molar-refractivity contribution >= 4 is 34.7 Å². The van der Waals surface area contributed by atoms with Gasteiger partial charge in [-0.05, 0) is 62.5 Å². The number of aliphatic hydroxyl groups excluding tert-OH is 2. The van der Waals surface area contributed by atoms with Gasteiger partial charge in [0.25, 0.3) is 0 Å². The Balaban J connectivity index is 0.00000560. The second kappa shape index (κ2) is 15.1. The zero-order valence-corrected chi connectivity index (χ0v) is 23.9. The topological polar surface area (TPSA) is 197 Å². The third-order valence-corrected chi connectivity index (χ3v) is 8.01. The van der Waals surface area contributed by atoms with E-state index >= 15 is 0 Å². The molecule has 1 fully saturated rings. The molecule has 3 atom stereocenters. The number of aliphatic imine (C=N–C) groups is 1. The summed E-state index contributed by atoms with van der Waals surface area (Å²) in [6, 6.07) is 1.92. The van der Waals surface area contributed by atoms with Crippen LogP contribution in [-0.2, 0) is 16.0 Å². The van der Waals surface area contributed by atoms with E-state index in [4.69, 9.17) is 5.73 Å². The first-order valence-corrected chi connectivity index (χ1v) is 14.0. The van der Waals surface area contributed by atoms with Gasteiger partial charge < -0.3 is 36.7 Å². The molecule has 2 aliphatic rings. The van der Waals surface area contributed by atoms with E-state index in [0.29, 0.717) is 24.1 Å². The van der Waals surface area contributed by atoms with Crippen LogP contribution in [0.1, 0.15) is 83.5 Å². The fraction of sp³-hybridized carbons (Fsp3) is 0.655. The summed E-state index contributed by atoms with van der Waals surface area (Å²) in [5.41, 5.74) is 8.25. The van der Waals surface area contributed by atoms with Gasteiger partial charge in [-0.3, -0.25) is 14.4 Å². The first-order valence-electron chi connectivity index (χ1n) is 14.0. The van der Waals surface area contributed by atoms with Crippen molar-refractivity contribution in [2.45, 2.75) is 77.2 Å². The Hall–Kier alpha value is -3.02. The molecule has 2 aliphatic carbocycles. The number of carbonyl (C=O) groups excluding carboxylic acids is 3. The number of aromatic hydroxyl groups is 1. The van der Waals surface area contributed by atoms with Gasteiger partial charge in [-0.25, -0.2) is 4.99 Å². The quantitative estimate of drug-likeness (QED) is 0.109. The van der Waals surface area contributed by atoms with Gasteiger partial charge in [-0.15, -0.1) is 0 Å². The van der Waals surface area contributed by atoms with Crippen molar-refractivity contribution in [2.75, 3.05) is 37.5 Å². The number of ketones is 3. The van der Waals surface area contributed by atoms with Crippen molar-refractivity contribution in [3.8, 4) is 5.75 Å². The van der Waals surface area contributed by atoms with Crippen molar-refractivity contribution in [3.63, 3.8) is 0 Å². The number of Topliss-reactive ketones (excluding diaryl/α,β-unsaturated/α-hetero) is 3. The Kier molecular flexibility index (Phi) is 12.5. The maximum atomic E-state index is 13.4. The van der Waals surface area contributed by atoms with Gasteiger partial charge in [0.2, 0.25) is 0 Å². The number of anilines is 2. The lowest BCUT2D eigenvalue weighted by atomic mass is 9.73. The molecule has 228 valence electrons. The van der Waals surface area contributed by atoms with Crippen LogP contribution in [0.3, 0.4) is 0 Å². The zero-order chi connectivity index (χ0) is 28.7. The number of benzene rings is 1. The van der Waals surface area contributed by atoms with Crippen molar-refractivity contribution in [1.82, 2.24) is 0 Å². The normalized spacial score (nSPS) is 19.3. The number of hydrogen-bond acceptors (Lipinski definition) is 8. The molecular formula is C29H50N4O7. The molecule has 1 saturated carbocycles. The predicted molar refractivity (Wildman–Crippen MR) is 159 cm³/mol. The minimum atomic E-state index is -0.780. The highest BCUT2D eigenvalue weighted by molar-refractivity contribution is 6.06. The molecule has 0 heterocycles. The lowest BCUT2D eigenvalue weighted by Crippen LogP contribution is -2.33. The SMILES string of the molecule is CC(=O)CC(=O)C(CO)C(CCO)CC1CC(=O)c2c(O)c(NC(N)=NC3CCCCC3)cc(N(C)C)c2C1.O.[HH].[HH]. The summed E-state index contributed by atoms with van der Waals surface area (Å²) in [6.45, 7) is 0.739. The van der Waals surface area contributed by atoms with Gasteiger partial charge in [0, 0.05) is 41.6 Å². The molecule has 0 saturated heterocycles. The smallest absolute Gasteiger partial charge is 0.193 e. The Morgan fingerprint density at radius 1 is 1.20 bits per heavy atom. The third kappa shape index (κ3) is 8.25. The number of nitrogens with zero attached hydrogens (tertiary/aromatic N) is 2. The Bertz CT molecular complexity index is 1090. The number of phenols is 1. The fourth-order valence-electron chi connectivity index (χ4n) is 6.14. The van der Waals surface area contributed by atoms with E-state index in [1.54, 1.807) is 6.07 Å². The van der Waals surface area contributed by atoms with Crippen LogP contribution in [-0.4, -0.2) is 77.5 Å². The number of nitrogens with one attached hydrogen (secondary N) is 1. The van der Waals surface area contributed by atoms with E-state index in [1.807, 2.05) is 19.0 Å². The molecule has 0 bridgehead atoms. The van der Waals surface area contributed by atoms with E-state index in [1.165, 1.54) is 13.3 Å². The van der Waals surface area contributed by atoms with Gasteiger partial charge in [-0.1, -0.05) is 19.3 Å². The monoisotopic (exact) mass is 566 g/mol. The van der Waals surface area contributed by atoms with Crippen LogP contribution in [0.25, 0.3) is 0 Å². The maximum absolute atomic E-state index is 13.4. The molecule has 0 spiro atoms. The van der Waals surface area contributed by atoms with Crippen LogP contribution in [0.5, 0.6) is 5.75 Å². The second-order valence-electron chi connectivity index (χ2n) is 11.3. The number of hydrogen-bond donors (Lipinski definition) is 5. The molecule has 0 aliphatic heterocycles. The summed E-state index contributed by atoms with van der Waals surface area (Å²) in [5.74, 6) is -2.10. The Morgan fingerprint density at radius 3 is 2.45 bits per heavy atom. The summed E-state index contributed by atoms with van der Waals surface area (Å²) >= 11 is 0. The molecule has 1 aromatic carbocycles. The largest absolute Gasteiger partial charge is 0.505 e. The highest BCUT2D eigenvalue weighted by atomic mass is 16.3. The molecule has 11 nitrogen and oxygen atoms in total. The molecule has 0 amide bonds. The number of fused-ring (bicyclic) bond motifs is 1. The highest BCUT2D eigenvalue weighted by Crippen LogP contribution is 2.44. The fourth-order valence-corrected chi connectivity index (χ4v) is 6.14. The summed E-state index contributed by atoms with van der Waals surface area (Å²) in [4.78, 5) is 44.0. The van der Waals surface area contributed by atoms with Crippen LogP contribution in [0.15, 0.2) is 11.1 Å². The average molecular weight is 567 g/mol. The van der Waals surface area contributed by atoms with Gasteiger partial charge in [0.05, 0.1) is 30.3 Å². The lowest BCUT2D eigenvalue weighted by molar-refractivity contribution is -0.131. The van der Waals surface area contributed by atoms with Crippen LogP contribution in [0.2, 0.25) is 0 Å². The minimum absolute atomic E-state index is 0.